The number of hydrogen-bond donors (Lipinski definition) is 1. The van der Waals surface area contributed by atoms with E-state index in [1.807, 2.05) is 6.20 Å². The fraction of sp³-hybridized carbons (Fsp3) is 0.733. The molecule has 1 unspecified atom stereocenters. The number of aromatic nitrogens is 2. The van der Waals surface area contributed by atoms with Gasteiger partial charge in [0.1, 0.15) is 11.9 Å². The molecular formula is C15H24BrN3O. The van der Waals surface area contributed by atoms with Crippen molar-refractivity contribution < 1.29 is 4.74 Å². The molecule has 1 saturated carbocycles. The Kier molecular flexibility index (Phi) is 6.23. The largest absolute Gasteiger partial charge is 0.373 e. The van der Waals surface area contributed by atoms with Gasteiger partial charge in [-0.1, -0.05) is 26.2 Å². The first-order valence-electron chi connectivity index (χ1n) is 7.55. The number of methoxy groups -OCH3 is 1. The number of rotatable bonds is 6. The average molecular weight is 342 g/mol. The third-order valence-corrected chi connectivity index (χ3v) is 4.47. The van der Waals surface area contributed by atoms with Gasteiger partial charge in [0.15, 0.2) is 5.82 Å². The van der Waals surface area contributed by atoms with Crippen molar-refractivity contribution in [3.63, 3.8) is 0 Å². The zero-order valence-corrected chi connectivity index (χ0v) is 13.9. The smallest absolute Gasteiger partial charge is 0.159 e. The van der Waals surface area contributed by atoms with Gasteiger partial charge in [-0.2, -0.15) is 0 Å². The minimum atomic E-state index is 0.0191. The van der Waals surface area contributed by atoms with E-state index in [9.17, 15) is 0 Å². The molecule has 20 heavy (non-hydrogen) atoms. The van der Waals surface area contributed by atoms with Gasteiger partial charge in [0.05, 0.1) is 4.47 Å². The lowest BCUT2D eigenvalue weighted by atomic mass is 9.85. The number of nitrogens with one attached hydrogen (secondary N) is 1. The normalized spacial score (nSPS) is 17.9. The van der Waals surface area contributed by atoms with Crippen LogP contribution in [0.4, 0.5) is 5.82 Å². The summed E-state index contributed by atoms with van der Waals surface area (Å²) >= 11 is 3.50. The van der Waals surface area contributed by atoms with Crippen molar-refractivity contribution >= 4 is 21.7 Å². The zero-order chi connectivity index (χ0) is 14.4. The van der Waals surface area contributed by atoms with E-state index in [1.54, 1.807) is 7.11 Å². The molecule has 1 fully saturated rings. The molecule has 0 amide bonds. The van der Waals surface area contributed by atoms with E-state index < -0.39 is 0 Å². The van der Waals surface area contributed by atoms with Crippen LogP contribution in [0.1, 0.15) is 57.4 Å². The van der Waals surface area contributed by atoms with Gasteiger partial charge in [-0.25, -0.2) is 9.97 Å². The van der Waals surface area contributed by atoms with Gasteiger partial charge in [0.25, 0.3) is 0 Å². The van der Waals surface area contributed by atoms with E-state index in [0.29, 0.717) is 5.92 Å². The fourth-order valence-electron chi connectivity index (χ4n) is 2.83. The van der Waals surface area contributed by atoms with Crippen molar-refractivity contribution in [3.8, 4) is 0 Å². The van der Waals surface area contributed by atoms with Crippen molar-refractivity contribution in [1.82, 2.24) is 9.97 Å². The molecule has 0 radical (unpaired) electrons. The average Bonchev–Trinajstić information content (AvgIpc) is 2.49. The summed E-state index contributed by atoms with van der Waals surface area (Å²) in [6.07, 6.45) is 9.29. The molecule has 1 heterocycles. The number of nitrogens with zero attached hydrogens (tertiary/aromatic N) is 2. The number of anilines is 1. The van der Waals surface area contributed by atoms with Crippen LogP contribution in [0.3, 0.4) is 0 Å². The minimum Gasteiger partial charge on any atom is -0.373 e. The molecular weight excluding hydrogens is 318 g/mol. The lowest BCUT2D eigenvalue weighted by Gasteiger charge is -2.28. The molecule has 112 valence electrons. The summed E-state index contributed by atoms with van der Waals surface area (Å²) in [5, 5.41) is 3.33. The quantitative estimate of drug-likeness (QED) is 0.836. The Morgan fingerprint density at radius 3 is 2.80 bits per heavy atom. The maximum absolute atomic E-state index is 5.71. The van der Waals surface area contributed by atoms with Crippen molar-refractivity contribution in [1.29, 1.82) is 0 Å². The lowest BCUT2D eigenvalue weighted by molar-refractivity contribution is 0.0290. The molecule has 1 atom stereocenters. The molecule has 2 rings (SSSR count). The number of hydrogen-bond acceptors (Lipinski definition) is 4. The van der Waals surface area contributed by atoms with Crippen molar-refractivity contribution in [2.24, 2.45) is 5.92 Å². The van der Waals surface area contributed by atoms with E-state index in [-0.39, 0.29) is 6.10 Å². The lowest BCUT2D eigenvalue weighted by Crippen LogP contribution is -2.20. The molecule has 0 bridgehead atoms. The summed E-state index contributed by atoms with van der Waals surface area (Å²) in [7, 11) is 1.77. The number of ether oxygens (including phenoxy) is 1. The van der Waals surface area contributed by atoms with E-state index >= 15 is 0 Å². The van der Waals surface area contributed by atoms with Crippen molar-refractivity contribution in [2.45, 2.75) is 51.6 Å². The second-order valence-corrected chi connectivity index (χ2v) is 6.26. The first kappa shape index (κ1) is 15.7. The van der Waals surface area contributed by atoms with Crippen LogP contribution in [0.5, 0.6) is 0 Å². The third kappa shape index (κ3) is 3.92. The van der Waals surface area contributed by atoms with Crippen LogP contribution < -0.4 is 5.32 Å². The Morgan fingerprint density at radius 2 is 2.15 bits per heavy atom. The minimum absolute atomic E-state index is 0.0191. The topological polar surface area (TPSA) is 47.0 Å². The summed E-state index contributed by atoms with van der Waals surface area (Å²) in [6, 6.07) is 0. The second-order valence-electron chi connectivity index (χ2n) is 5.41. The van der Waals surface area contributed by atoms with Gasteiger partial charge in [-0.3, -0.25) is 0 Å². The SMILES string of the molecule is CCCNc1nc(C(OC)C2CCCCC2)ncc1Br. The van der Waals surface area contributed by atoms with Crippen LogP contribution in [-0.4, -0.2) is 23.6 Å². The van der Waals surface area contributed by atoms with Crippen LogP contribution in [0, 0.1) is 5.92 Å². The molecule has 5 heteroatoms. The Hall–Kier alpha value is -0.680. The summed E-state index contributed by atoms with van der Waals surface area (Å²) in [5.41, 5.74) is 0. The predicted octanol–water partition coefficient (Wildman–Crippen LogP) is 4.33. The summed E-state index contributed by atoms with van der Waals surface area (Å²) in [4.78, 5) is 9.13. The molecule has 0 saturated heterocycles. The standard InChI is InChI=1S/C15H24BrN3O/c1-3-9-17-14-12(16)10-18-15(19-14)13(20-2)11-7-5-4-6-8-11/h10-11,13H,3-9H2,1-2H3,(H,17,18,19). The Labute approximate surface area is 129 Å². The van der Waals surface area contributed by atoms with Crippen molar-refractivity contribution in [3.05, 3.63) is 16.5 Å². The zero-order valence-electron chi connectivity index (χ0n) is 12.4. The van der Waals surface area contributed by atoms with Crippen LogP contribution in [-0.2, 0) is 4.74 Å². The highest BCUT2D eigenvalue weighted by Gasteiger charge is 2.27. The maximum atomic E-state index is 5.71. The van der Waals surface area contributed by atoms with Gasteiger partial charge < -0.3 is 10.1 Å². The maximum Gasteiger partial charge on any atom is 0.159 e. The first-order valence-corrected chi connectivity index (χ1v) is 8.34. The van der Waals surface area contributed by atoms with E-state index in [1.165, 1.54) is 32.1 Å². The molecule has 1 aromatic heterocycles. The molecule has 1 aromatic rings. The fourth-order valence-corrected chi connectivity index (χ4v) is 3.16. The van der Waals surface area contributed by atoms with E-state index in [2.05, 4.69) is 38.1 Å². The van der Waals surface area contributed by atoms with Crippen LogP contribution >= 0.6 is 15.9 Å². The molecule has 0 aliphatic heterocycles. The molecule has 0 spiro atoms. The van der Waals surface area contributed by atoms with Gasteiger partial charge in [0, 0.05) is 19.9 Å². The molecule has 1 N–H and O–H groups in total. The molecule has 4 nitrogen and oxygen atoms in total. The van der Waals surface area contributed by atoms with Gasteiger partial charge in [0.2, 0.25) is 0 Å². The molecule has 1 aliphatic rings. The Bertz CT molecular complexity index is 422. The molecule has 1 aliphatic carbocycles. The van der Waals surface area contributed by atoms with Gasteiger partial charge in [-0.05, 0) is 41.1 Å². The van der Waals surface area contributed by atoms with E-state index in [0.717, 1.165) is 29.1 Å². The van der Waals surface area contributed by atoms with Crippen LogP contribution in [0.2, 0.25) is 0 Å². The Morgan fingerprint density at radius 1 is 1.40 bits per heavy atom. The third-order valence-electron chi connectivity index (χ3n) is 3.89. The second kappa shape index (κ2) is 7.93. The Balaban J connectivity index is 2.16. The highest BCUT2D eigenvalue weighted by atomic mass is 79.9. The monoisotopic (exact) mass is 341 g/mol. The van der Waals surface area contributed by atoms with Crippen LogP contribution in [0.25, 0.3) is 0 Å². The summed E-state index contributed by atoms with van der Waals surface area (Å²) < 4.78 is 6.62. The van der Waals surface area contributed by atoms with Crippen LogP contribution in [0.15, 0.2) is 10.7 Å². The van der Waals surface area contributed by atoms with Gasteiger partial charge in [-0.15, -0.1) is 0 Å². The number of halogens is 1. The van der Waals surface area contributed by atoms with Crippen molar-refractivity contribution in [2.75, 3.05) is 19.0 Å². The summed E-state index contributed by atoms with van der Waals surface area (Å²) in [5.74, 6) is 2.23. The highest BCUT2D eigenvalue weighted by Crippen LogP contribution is 2.35. The van der Waals surface area contributed by atoms with Gasteiger partial charge >= 0.3 is 0 Å². The highest BCUT2D eigenvalue weighted by molar-refractivity contribution is 9.10. The van der Waals surface area contributed by atoms with E-state index in [4.69, 9.17) is 4.74 Å². The predicted molar refractivity (Wildman–Crippen MR) is 84.8 cm³/mol. The first-order chi connectivity index (χ1) is 9.76. The summed E-state index contributed by atoms with van der Waals surface area (Å²) in [6.45, 7) is 3.05. The molecule has 0 aromatic carbocycles.